The molecule has 206 valence electrons. The molecule has 8 nitrogen and oxygen atoms in total. The number of aryl methyl sites for hydroxylation is 1. The van der Waals surface area contributed by atoms with Gasteiger partial charge in [0.25, 0.3) is 11.6 Å². The molecule has 0 unspecified atom stereocenters. The number of nitrogens with zero attached hydrogens (tertiary/aromatic N) is 4. The van der Waals surface area contributed by atoms with Gasteiger partial charge in [-0.1, -0.05) is 83.5 Å². The van der Waals surface area contributed by atoms with Crippen LogP contribution in [0.15, 0.2) is 108 Å². The van der Waals surface area contributed by atoms with E-state index in [0.29, 0.717) is 39.4 Å². The molecular weight excluding hydrogens is 558 g/mol. The summed E-state index contributed by atoms with van der Waals surface area (Å²) < 4.78 is 1.86. The lowest BCUT2D eigenvalue weighted by atomic mass is 10.0. The van der Waals surface area contributed by atoms with Crippen molar-refractivity contribution >= 4 is 35.0 Å². The fourth-order valence-corrected chi connectivity index (χ4v) is 5.44. The zero-order valence-electron chi connectivity index (χ0n) is 22.1. The topological polar surface area (TPSA) is 103 Å². The molecule has 0 saturated carbocycles. The molecule has 5 rings (SSSR count). The molecule has 0 aliphatic heterocycles. The van der Waals surface area contributed by atoms with Gasteiger partial charge in [-0.3, -0.25) is 19.5 Å². The molecule has 0 saturated heterocycles. The van der Waals surface area contributed by atoms with Gasteiger partial charge in [-0.25, -0.2) is 0 Å². The smallest absolute Gasteiger partial charge is 0.269 e. The van der Waals surface area contributed by atoms with Crippen molar-refractivity contribution in [2.75, 3.05) is 0 Å². The van der Waals surface area contributed by atoms with Gasteiger partial charge >= 0.3 is 0 Å². The van der Waals surface area contributed by atoms with Crippen molar-refractivity contribution in [3.05, 3.63) is 146 Å². The van der Waals surface area contributed by atoms with Crippen molar-refractivity contribution in [3.8, 4) is 5.69 Å². The van der Waals surface area contributed by atoms with Crippen LogP contribution >= 0.6 is 23.4 Å². The highest BCUT2D eigenvalue weighted by Crippen LogP contribution is 2.30. The average molecular weight is 584 g/mol. The van der Waals surface area contributed by atoms with Crippen LogP contribution in [0.25, 0.3) is 5.69 Å². The molecule has 1 aromatic heterocycles. The summed E-state index contributed by atoms with van der Waals surface area (Å²) in [6.45, 7) is 2.04. The quantitative estimate of drug-likeness (QED) is 0.106. The third-order valence-corrected chi connectivity index (χ3v) is 7.69. The van der Waals surface area contributed by atoms with Crippen molar-refractivity contribution in [1.82, 2.24) is 20.1 Å². The van der Waals surface area contributed by atoms with Crippen LogP contribution in [0.5, 0.6) is 0 Å². The van der Waals surface area contributed by atoms with Crippen molar-refractivity contribution in [2.45, 2.75) is 30.3 Å². The van der Waals surface area contributed by atoms with Gasteiger partial charge < -0.3 is 5.32 Å². The molecule has 0 spiro atoms. The molecular formula is C31H26ClN5O3S. The number of nitro benzene ring substituents is 1. The molecule has 0 aliphatic carbocycles. The maximum atomic E-state index is 13.4. The van der Waals surface area contributed by atoms with Gasteiger partial charge in [0.15, 0.2) is 11.0 Å². The van der Waals surface area contributed by atoms with Crippen LogP contribution in [0.1, 0.15) is 38.9 Å². The normalized spacial score (nSPS) is 11.7. The van der Waals surface area contributed by atoms with E-state index in [1.54, 1.807) is 36.4 Å². The number of carbonyl (C=O) groups is 1. The van der Waals surface area contributed by atoms with E-state index in [2.05, 4.69) is 27.6 Å². The predicted octanol–water partition coefficient (Wildman–Crippen LogP) is 7.14. The molecule has 1 heterocycles. The van der Waals surface area contributed by atoms with Gasteiger partial charge in [0, 0.05) is 34.2 Å². The van der Waals surface area contributed by atoms with E-state index in [-0.39, 0.29) is 11.6 Å². The number of halogens is 1. The summed E-state index contributed by atoms with van der Waals surface area (Å²) in [7, 11) is 0. The number of benzene rings is 4. The lowest BCUT2D eigenvalue weighted by Gasteiger charge is -2.20. The fourth-order valence-electron chi connectivity index (χ4n) is 4.42. The molecule has 1 N–H and O–H groups in total. The lowest BCUT2D eigenvalue weighted by molar-refractivity contribution is -0.384. The minimum Gasteiger partial charge on any atom is -0.342 e. The zero-order valence-corrected chi connectivity index (χ0v) is 23.7. The minimum atomic E-state index is -0.559. The Balaban J connectivity index is 1.55. The predicted molar refractivity (Wildman–Crippen MR) is 161 cm³/mol. The van der Waals surface area contributed by atoms with E-state index in [1.807, 2.05) is 54.0 Å². The molecule has 0 radical (unpaired) electrons. The van der Waals surface area contributed by atoms with Crippen LogP contribution in [-0.2, 0) is 12.2 Å². The van der Waals surface area contributed by atoms with E-state index >= 15 is 0 Å². The number of non-ortho nitro benzene ring substituents is 1. The Bertz CT molecular complexity index is 1660. The number of hydrogen-bond acceptors (Lipinski definition) is 6. The Morgan fingerprint density at radius 2 is 1.66 bits per heavy atom. The van der Waals surface area contributed by atoms with Crippen LogP contribution in [0.2, 0.25) is 5.02 Å². The number of aromatic nitrogens is 3. The first-order valence-electron chi connectivity index (χ1n) is 12.9. The van der Waals surface area contributed by atoms with Crippen LogP contribution in [0, 0.1) is 17.0 Å². The van der Waals surface area contributed by atoms with Crippen molar-refractivity contribution in [3.63, 3.8) is 0 Å². The summed E-state index contributed by atoms with van der Waals surface area (Å²) in [6.07, 6.45) is 0.452. The molecule has 10 heteroatoms. The number of rotatable bonds is 10. The number of hydrogen-bond donors (Lipinski definition) is 1. The van der Waals surface area contributed by atoms with E-state index in [0.717, 1.165) is 16.7 Å². The molecule has 41 heavy (non-hydrogen) atoms. The largest absolute Gasteiger partial charge is 0.342 e. The van der Waals surface area contributed by atoms with E-state index in [1.165, 1.54) is 23.9 Å². The summed E-state index contributed by atoms with van der Waals surface area (Å²) in [5.41, 5.74) is 4.39. The number of carbonyl (C=O) groups excluding carboxylic acids is 1. The number of amides is 1. The third-order valence-electron chi connectivity index (χ3n) is 6.43. The van der Waals surface area contributed by atoms with Crippen molar-refractivity contribution in [2.24, 2.45) is 0 Å². The maximum Gasteiger partial charge on any atom is 0.269 e. The van der Waals surface area contributed by atoms with Gasteiger partial charge in [-0.15, -0.1) is 10.2 Å². The molecule has 4 aromatic carbocycles. The second-order valence-corrected chi connectivity index (χ2v) is 10.8. The van der Waals surface area contributed by atoms with Crippen LogP contribution in [-0.4, -0.2) is 25.6 Å². The Morgan fingerprint density at radius 3 is 2.34 bits per heavy atom. The number of thioether (sulfide) groups is 1. The third kappa shape index (κ3) is 7.00. The maximum absolute atomic E-state index is 13.4. The second kappa shape index (κ2) is 12.8. The van der Waals surface area contributed by atoms with E-state index in [9.17, 15) is 14.9 Å². The summed E-state index contributed by atoms with van der Waals surface area (Å²) in [4.78, 5) is 24.2. The molecule has 1 atom stereocenters. The van der Waals surface area contributed by atoms with Gasteiger partial charge in [0.2, 0.25) is 0 Å². The Hall–Kier alpha value is -4.47. The molecule has 0 aliphatic rings. The fraction of sp³-hybridized carbons (Fsp3) is 0.129. The Labute approximate surface area is 246 Å². The van der Waals surface area contributed by atoms with Crippen molar-refractivity contribution in [1.29, 1.82) is 0 Å². The van der Waals surface area contributed by atoms with Crippen LogP contribution < -0.4 is 5.32 Å². The first-order chi connectivity index (χ1) is 19.9. The van der Waals surface area contributed by atoms with Crippen LogP contribution in [0.3, 0.4) is 0 Å². The standard InChI is InChI=1S/C31H26ClN5O3S/c1-21-6-5-9-23(18-21)20-41-31-35-34-29(36(31)26-14-16-27(17-15-26)37(39)40)28(19-22-7-3-2-4-8-22)33-30(38)24-10-12-25(32)13-11-24/h2-18,28H,19-20H2,1H3,(H,33,38)/t28-/m0/s1. The number of nitrogens with one attached hydrogen (secondary N) is 1. The van der Waals surface area contributed by atoms with Gasteiger partial charge in [-0.2, -0.15) is 0 Å². The lowest BCUT2D eigenvalue weighted by Crippen LogP contribution is -2.32. The highest BCUT2D eigenvalue weighted by molar-refractivity contribution is 7.98. The summed E-state index contributed by atoms with van der Waals surface area (Å²) in [5, 5.41) is 24.7. The summed E-state index contributed by atoms with van der Waals surface area (Å²) in [6, 6.07) is 30.4. The average Bonchev–Trinajstić information content (AvgIpc) is 3.40. The van der Waals surface area contributed by atoms with Gasteiger partial charge in [0.05, 0.1) is 11.0 Å². The molecule has 0 bridgehead atoms. The van der Waals surface area contributed by atoms with Gasteiger partial charge in [0.1, 0.15) is 0 Å². The van der Waals surface area contributed by atoms with Crippen molar-refractivity contribution < 1.29 is 9.72 Å². The molecule has 5 aromatic rings. The monoisotopic (exact) mass is 583 g/mol. The second-order valence-electron chi connectivity index (χ2n) is 9.45. The molecule has 0 fully saturated rings. The van der Waals surface area contributed by atoms with Crippen LogP contribution in [0.4, 0.5) is 5.69 Å². The highest BCUT2D eigenvalue weighted by atomic mass is 35.5. The summed E-state index contributed by atoms with van der Waals surface area (Å²) in [5.74, 6) is 0.874. The Morgan fingerprint density at radius 1 is 0.951 bits per heavy atom. The first-order valence-corrected chi connectivity index (χ1v) is 14.2. The number of nitro groups is 1. The minimum absolute atomic E-state index is 0.0192. The summed E-state index contributed by atoms with van der Waals surface area (Å²) >= 11 is 7.54. The highest BCUT2D eigenvalue weighted by Gasteiger charge is 2.26. The first kappa shape index (κ1) is 28.1. The van der Waals surface area contributed by atoms with E-state index in [4.69, 9.17) is 11.6 Å². The van der Waals surface area contributed by atoms with Gasteiger partial charge in [-0.05, 0) is 60.9 Å². The SMILES string of the molecule is Cc1cccc(CSc2nnc([C@H](Cc3ccccc3)NC(=O)c3ccc(Cl)cc3)n2-c2ccc([N+](=O)[O-])cc2)c1. The molecule has 1 amide bonds. The zero-order chi connectivity index (χ0) is 28.8. The van der Waals surface area contributed by atoms with E-state index < -0.39 is 11.0 Å². The Kier molecular flexibility index (Phi) is 8.76.